The average molecular weight is 431 g/mol. The highest BCUT2D eigenvalue weighted by Gasteiger charge is 2.44. The first-order valence-corrected chi connectivity index (χ1v) is 10.8. The molecule has 1 fully saturated rings. The van der Waals surface area contributed by atoms with E-state index in [4.69, 9.17) is 0 Å². The summed E-state index contributed by atoms with van der Waals surface area (Å²) in [5, 5.41) is 2.80. The second kappa shape index (κ2) is 9.60. The number of benzene rings is 2. The van der Waals surface area contributed by atoms with Crippen LogP contribution in [0.1, 0.15) is 48.0 Å². The molecule has 164 valence electrons. The molecule has 0 atom stereocenters. The van der Waals surface area contributed by atoms with Gasteiger partial charge >= 0.3 is 17.8 Å². The first kappa shape index (κ1) is 21.5. The number of hydrogen-bond donors (Lipinski definition) is 1. The van der Waals surface area contributed by atoms with Gasteiger partial charge in [-0.2, -0.15) is 0 Å². The Kier molecular flexibility index (Phi) is 6.44. The van der Waals surface area contributed by atoms with E-state index in [9.17, 15) is 19.2 Å². The number of carbonyl (C=O) groups excluding carboxylic acids is 4. The Hall–Kier alpha value is -3.74. The highest BCUT2D eigenvalue weighted by atomic mass is 16.2. The molecule has 2 aromatic carbocycles. The topological polar surface area (TPSA) is 86.8 Å². The Balaban J connectivity index is 1.37. The first-order chi connectivity index (χ1) is 15.5. The molecular weight excluding hydrogens is 406 g/mol. The quantitative estimate of drug-likeness (QED) is 0.406. The van der Waals surface area contributed by atoms with E-state index in [1.54, 1.807) is 36.4 Å². The zero-order chi connectivity index (χ0) is 22.5. The van der Waals surface area contributed by atoms with E-state index in [2.05, 4.69) is 11.4 Å². The fraction of sp³-hybridized carbons (Fsp3) is 0.280. The van der Waals surface area contributed by atoms with Crippen LogP contribution in [0.25, 0.3) is 0 Å². The number of imide groups is 2. The van der Waals surface area contributed by atoms with Gasteiger partial charge < -0.3 is 5.32 Å². The molecule has 0 bridgehead atoms. The summed E-state index contributed by atoms with van der Waals surface area (Å²) < 4.78 is 0. The predicted octanol–water partition coefficient (Wildman–Crippen LogP) is 4.12. The van der Waals surface area contributed by atoms with Crippen molar-refractivity contribution in [2.75, 3.05) is 11.9 Å². The minimum atomic E-state index is -0.807. The predicted molar refractivity (Wildman–Crippen MR) is 120 cm³/mol. The van der Waals surface area contributed by atoms with Crippen molar-refractivity contribution in [3.63, 3.8) is 0 Å². The highest BCUT2D eigenvalue weighted by Crippen LogP contribution is 2.23. The third kappa shape index (κ3) is 4.77. The Morgan fingerprint density at radius 3 is 2.28 bits per heavy atom. The third-order valence-corrected chi connectivity index (χ3v) is 5.77. The van der Waals surface area contributed by atoms with E-state index in [0.717, 1.165) is 29.1 Å². The number of nitrogens with zero attached hydrogens (tertiary/aromatic N) is 2. The molecule has 1 N–H and O–H groups in total. The molecule has 7 heteroatoms. The van der Waals surface area contributed by atoms with Crippen LogP contribution in [-0.4, -0.2) is 40.1 Å². The first-order valence-electron chi connectivity index (χ1n) is 10.8. The van der Waals surface area contributed by atoms with E-state index in [0.29, 0.717) is 23.2 Å². The van der Waals surface area contributed by atoms with Gasteiger partial charge in [0.1, 0.15) is 0 Å². The zero-order valence-electron chi connectivity index (χ0n) is 17.8. The molecule has 1 saturated heterocycles. The maximum Gasteiger partial charge on any atom is 0.334 e. The molecule has 0 spiro atoms. The summed E-state index contributed by atoms with van der Waals surface area (Å²) in [5.41, 5.74) is 3.05. The summed E-state index contributed by atoms with van der Waals surface area (Å²) in [6, 6.07) is 15.2. The van der Waals surface area contributed by atoms with Crippen molar-refractivity contribution in [1.82, 2.24) is 9.80 Å². The molecule has 32 heavy (non-hydrogen) atoms. The molecule has 5 amide bonds. The molecule has 1 heterocycles. The Morgan fingerprint density at radius 1 is 0.875 bits per heavy atom. The van der Waals surface area contributed by atoms with Crippen molar-refractivity contribution in [2.24, 2.45) is 0 Å². The number of urea groups is 1. The Morgan fingerprint density at radius 2 is 1.59 bits per heavy atom. The lowest BCUT2D eigenvalue weighted by atomic mass is 9.97. The summed E-state index contributed by atoms with van der Waals surface area (Å²) in [7, 11) is 0. The lowest BCUT2D eigenvalue weighted by molar-refractivity contribution is -0.143. The molecule has 0 saturated carbocycles. The van der Waals surface area contributed by atoms with Crippen molar-refractivity contribution in [3.8, 4) is 0 Å². The van der Waals surface area contributed by atoms with Gasteiger partial charge in [-0.05, 0) is 61.9 Å². The Bertz CT molecular complexity index is 1060. The van der Waals surface area contributed by atoms with Gasteiger partial charge in [0.05, 0.1) is 6.54 Å². The fourth-order valence-corrected chi connectivity index (χ4v) is 3.94. The van der Waals surface area contributed by atoms with Crippen LogP contribution in [0.3, 0.4) is 0 Å². The van der Waals surface area contributed by atoms with Crippen molar-refractivity contribution in [2.45, 2.75) is 38.6 Å². The van der Waals surface area contributed by atoms with Gasteiger partial charge in [0.25, 0.3) is 5.91 Å². The van der Waals surface area contributed by atoms with Crippen LogP contribution in [0.4, 0.5) is 10.5 Å². The SMILES string of the molecule is O=C(Nc1ccccc1)c1ccc(CN2C(=O)C(=O)N(CCC3=CCCCC3)C2=O)cc1. The standard InChI is InChI=1S/C25H25N3O4/c29-22(26-21-9-5-2-6-10-21)20-13-11-19(12-14-20)17-28-24(31)23(30)27(25(28)32)16-15-18-7-3-1-4-8-18/h2,5-7,9-14H,1,3-4,8,15-17H2,(H,26,29). The number of nitrogens with one attached hydrogen (secondary N) is 1. The van der Waals surface area contributed by atoms with Crippen molar-refractivity contribution in [1.29, 1.82) is 0 Å². The molecular formula is C25H25N3O4. The van der Waals surface area contributed by atoms with Crippen LogP contribution in [0, 0.1) is 0 Å². The average Bonchev–Trinajstić information content (AvgIpc) is 3.02. The van der Waals surface area contributed by atoms with Gasteiger partial charge in [-0.1, -0.05) is 42.0 Å². The molecule has 7 nitrogen and oxygen atoms in total. The number of hydrogen-bond acceptors (Lipinski definition) is 4. The molecule has 0 aromatic heterocycles. The molecule has 2 aliphatic rings. The third-order valence-electron chi connectivity index (χ3n) is 5.77. The van der Waals surface area contributed by atoms with Crippen LogP contribution in [-0.2, 0) is 16.1 Å². The number of allylic oxidation sites excluding steroid dienone is 1. The van der Waals surface area contributed by atoms with E-state index >= 15 is 0 Å². The van der Waals surface area contributed by atoms with Crippen LogP contribution >= 0.6 is 0 Å². The van der Waals surface area contributed by atoms with Crippen molar-refractivity contribution < 1.29 is 19.2 Å². The van der Waals surface area contributed by atoms with E-state index in [-0.39, 0.29) is 19.0 Å². The summed E-state index contributed by atoms with van der Waals surface area (Å²) >= 11 is 0. The van der Waals surface area contributed by atoms with E-state index in [1.165, 1.54) is 12.0 Å². The van der Waals surface area contributed by atoms with Gasteiger partial charge in [-0.15, -0.1) is 0 Å². The minimum absolute atomic E-state index is 0.0107. The second-order valence-corrected chi connectivity index (χ2v) is 8.01. The second-order valence-electron chi connectivity index (χ2n) is 8.01. The van der Waals surface area contributed by atoms with Gasteiger partial charge in [-0.25, -0.2) is 4.79 Å². The normalized spacial score (nSPS) is 16.4. The van der Waals surface area contributed by atoms with Crippen LogP contribution in [0.2, 0.25) is 0 Å². The molecule has 2 aromatic rings. The number of rotatable bonds is 7. The summed E-state index contributed by atoms with van der Waals surface area (Å²) in [6.45, 7) is 0.216. The minimum Gasteiger partial charge on any atom is -0.322 e. The summed E-state index contributed by atoms with van der Waals surface area (Å²) in [6.07, 6.45) is 7.09. The number of para-hydroxylation sites is 1. The van der Waals surface area contributed by atoms with Crippen LogP contribution < -0.4 is 5.32 Å². The lowest BCUT2D eigenvalue weighted by Crippen LogP contribution is -2.34. The van der Waals surface area contributed by atoms with Crippen LogP contribution in [0.15, 0.2) is 66.2 Å². The molecule has 0 unspecified atom stereocenters. The van der Waals surface area contributed by atoms with Gasteiger partial charge in [0.2, 0.25) is 0 Å². The number of amides is 5. The van der Waals surface area contributed by atoms with E-state index < -0.39 is 17.8 Å². The highest BCUT2D eigenvalue weighted by molar-refractivity contribution is 6.44. The smallest absolute Gasteiger partial charge is 0.322 e. The Labute approximate surface area is 186 Å². The number of carbonyl (C=O) groups is 4. The monoisotopic (exact) mass is 431 g/mol. The van der Waals surface area contributed by atoms with E-state index in [1.807, 2.05) is 18.2 Å². The number of anilines is 1. The summed E-state index contributed by atoms with van der Waals surface area (Å²) in [4.78, 5) is 51.8. The maximum absolute atomic E-state index is 12.7. The molecule has 1 aliphatic carbocycles. The van der Waals surface area contributed by atoms with Gasteiger partial charge in [-0.3, -0.25) is 24.2 Å². The van der Waals surface area contributed by atoms with Gasteiger partial charge in [0.15, 0.2) is 0 Å². The van der Waals surface area contributed by atoms with Crippen molar-refractivity contribution >= 4 is 29.4 Å². The lowest BCUT2D eigenvalue weighted by Gasteiger charge is -2.18. The van der Waals surface area contributed by atoms with Crippen LogP contribution in [0.5, 0.6) is 0 Å². The van der Waals surface area contributed by atoms with Crippen molar-refractivity contribution in [3.05, 3.63) is 77.4 Å². The molecule has 4 rings (SSSR count). The largest absolute Gasteiger partial charge is 0.334 e. The molecule has 0 radical (unpaired) electrons. The fourth-order valence-electron chi connectivity index (χ4n) is 3.94. The van der Waals surface area contributed by atoms with Gasteiger partial charge in [0, 0.05) is 17.8 Å². The maximum atomic E-state index is 12.7. The summed E-state index contributed by atoms with van der Waals surface area (Å²) in [5.74, 6) is -1.83. The molecule has 1 aliphatic heterocycles. The zero-order valence-corrected chi connectivity index (χ0v) is 17.8.